The average Bonchev–Trinajstić information content (AvgIpc) is 2.46. The summed E-state index contributed by atoms with van der Waals surface area (Å²) in [5, 5.41) is 0. The minimum atomic E-state index is -0.0962. The number of benzene rings is 1. The van der Waals surface area contributed by atoms with E-state index in [1.807, 2.05) is 12.1 Å². The lowest BCUT2D eigenvalue weighted by molar-refractivity contribution is 0.104. The number of hydrogen-bond donors (Lipinski definition) is 1. The van der Waals surface area contributed by atoms with Crippen molar-refractivity contribution >= 4 is 0 Å². The maximum Gasteiger partial charge on any atom is 0.127 e. The maximum atomic E-state index is 13.8. The SMILES string of the molecule is CCN(Cc1ccccc1F)C1CCCCC1CN. The highest BCUT2D eigenvalue weighted by molar-refractivity contribution is 5.17. The lowest BCUT2D eigenvalue weighted by Crippen LogP contribution is -2.44. The van der Waals surface area contributed by atoms with Gasteiger partial charge in [-0.25, -0.2) is 4.39 Å². The van der Waals surface area contributed by atoms with Crippen LogP contribution in [0.2, 0.25) is 0 Å². The van der Waals surface area contributed by atoms with Crippen LogP contribution in [0.15, 0.2) is 24.3 Å². The minimum Gasteiger partial charge on any atom is -0.330 e. The fraction of sp³-hybridized carbons (Fsp3) is 0.625. The van der Waals surface area contributed by atoms with Gasteiger partial charge in [0, 0.05) is 18.2 Å². The van der Waals surface area contributed by atoms with Gasteiger partial charge in [-0.3, -0.25) is 4.90 Å². The Morgan fingerprint density at radius 1 is 1.26 bits per heavy atom. The van der Waals surface area contributed by atoms with Gasteiger partial charge in [0.2, 0.25) is 0 Å². The molecule has 0 spiro atoms. The standard InChI is InChI=1S/C16H25FN2/c1-2-19(12-14-8-3-5-9-15(14)17)16-10-6-4-7-13(16)11-18/h3,5,8-9,13,16H,2,4,6-7,10-12,18H2,1H3. The first-order valence-electron chi connectivity index (χ1n) is 7.43. The average molecular weight is 264 g/mol. The van der Waals surface area contributed by atoms with E-state index in [9.17, 15) is 4.39 Å². The highest BCUT2D eigenvalue weighted by Crippen LogP contribution is 2.29. The van der Waals surface area contributed by atoms with E-state index in [1.165, 1.54) is 25.7 Å². The van der Waals surface area contributed by atoms with Gasteiger partial charge in [-0.05, 0) is 37.9 Å². The number of hydrogen-bond acceptors (Lipinski definition) is 2. The molecule has 2 N–H and O–H groups in total. The molecule has 1 aromatic carbocycles. The van der Waals surface area contributed by atoms with Crippen molar-refractivity contribution in [3.05, 3.63) is 35.6 Å². The van der Waals surface area contributed by atoms with Crippen LogP contribution in [0.3, 0.4) is 0 Å². The summed E-state index contributed by atoms with van der Waals surface area (Å²) >= 11 is 0. The molecule has 0 radical (unpaired) electrons. The van der Waals surface area contributed by atoms with E-state index < -0.39 is 0 Å². The normalized spacial score (nSPS) is 23.8. The van der Waals surface area contributed by atoms with Crippen molar-refractivity contribution in [2.24, 2.45) is 11.7 Å². The summed E-state index contributed by atoms with van der Waals surface area (Å²) in [6.45, 7) is 4.56. The van der Waals surface area contributed by atoms with E-state index in [0.717, 1.165) is 18.7 Å². The van der Waals surface area contributed by atoms with Crippen molar-refractivity contribution < 1.29 is 4.39 Å². The van der Waals surface area contributed by atoms with Gasteiger partial charge in [0.25, 0.3) is 0 Å². The van der Waals surface area contributed by atoms with Crippen LogP contribution in [0.4, 0.5) is 4.39 Å². The summed E-state index contributed by atoms with van der Waals surface area (Å²) < 4.78 is 13.8. The van der Waals surface area contributed by atoms with E-state index in [-0.39, 0.29) is 5.82 Å². The van der Waals surface area contributed by atoms with E-state index in [0.29, 0.717) is 18.5 Å². The molecule has 1 fully saturated rings. The van der Waals surface area contributed by atoms with Gasteiger partial charge in [-0.1, -0.05) is 38.0 Å². The number of nitrogens with zero attached hydrogens (tertiary/aromatic N) is 1. The van der Waals surface area contributed by atoms with Crippen molar-refractivity contribution in [3.63, 3.8) is 0 Å². The molecule has 0 heterocycles. The summed E-state index contributed by atoms with van der Waals surface area (Å²) in [4.78, 5) is 2.40. The van der Waals surface area contributed by atoms with E-state index in [2.05, 4.69) is 11.8 Å². The van der Waals surface area contributed by atoms with Crippen LogP contribution >= 0.6 is 0 Å². The van der Waals surface area contributed by atoms with Gasteiger partial charge in [0.1, 0.15) is 5.82 Å². The molecule has 1 aromatic rings. The van der Waals surface area contributed by atoms with Gasteiger partial charge in [0.05, 0.1) is 0 Å². The molecule has 2 nitrogen and oxygen atoms in total. The van der Waals surface area contributed by atoms with Crippen molar-refractivity contribution in [1.82, 2.24) is 4.90 Å². The van der Waals surface area contributed by atoms with Crippen molar-refractivity contribution in [1.29, 1.82) is 0 Å². The summed E-state index contributed by atoms with van der Waals surface area (Å²) in [6.07, 6.45) is 4.98. The second-order valence-corrected chi connectivity index (χ2v) is 5.50. The molecule has 0 aromatic heterocycles. The molecule has 1 aliphatic carbocycles. The number of rotatable bonds is 5. The largest absolute Gasteiger partial charge is 0.330 e. The predicted octanol–water partition coefficient (Wildman–Crippen LogP) is 3.17. The lowest BCUT2D eigenvalue weighted by atomic mass is 9.83. The molecule has 0 saturated heterocycles. The lowest BCUT2D eigenvalue weighted by Gasteiger charge is -2.39. The monoisotopic (exact) mass is 264 g/mol. The summed E-state index contributed by atoms with van der Waals surface area (Å²) in [5.74, 6) is 0.474. The van der Waals surface area contributed by atoms with Gasteiger partial charge < -0.3 is 5.73 Å². The second-order valence-electron chi connectivity index (χ2n) is 5.50. The maximum absolute atomic E-state index is 13.8. The van der Waals surface area contributed by atoms with Crippen LogP contribution in [-0.2, 0) is 6.54 Å². The molecule has 1 aliphatic rings. The molecule has 2 atom stereocenters. The quantitative estimate of drug-likeness (QED) is 0.885. The fourth-order valence-corrected chi connectivity index (χ4v) is 3.25. The molecule has 1 saturated carbocycles. The zero-order chi connectivity index (χ0) is 13.7. The van der Waals surface area contributed by atoms with Crippen molar-refractivity contribution in [3.8, 4) is 0 Å². The molecule has 0 amide bonds. The van der Waals surface area contributed by atoms with Crippen LogP contribution in [0.5, 0.6) is 0 Å². The molecule has 3 heteroatoms. The van der Waals surface area contributed by atoms with Crippen molar-refractivity contribution in [2.45, 2.75) is 45.2 Å². The van der Waals surface area contributed by atoms with Gasteiger partial charge in [0.15, 0.2) is 0 Å². The Balaban J connectivity index is 2.08. The first kappa shape index (κ1) is 14.5. The Hall–Kier alpha value is -0.930. The minimum absolute atomic E-state index is 0.0962. The second kappa shape index (κ2) is 7.01. The summed E-state index contributed by atoms with van der Waals surface area (Å²) in [5.41, 5.74) is 6.71. The molecule has 2 unspecified atom stereocenters. The molecule has 0 aliphatic heterocycles. The van der Waals surface area contributed by atoms with E-state index >= 15 is 0 Å². The zero-order valence-corrected chi connectivity index (χ0v) is 11.8. The molecular formula is C16H25FN2. The van der Waals surface area contributed by atoms with Gasteiger partial charge in [-0.2, -0.15) is 0 Å². The predicted molar refractivity (Wildman–Crippen MR) is 77.3 cm³/mol. The zero-order valence-electron chi connectivity index (χ0n) is 11.8. The first-order chi connectivity index (χ1) is 9.26. The Labute approximate surface area is 115 Å². The first-order valence-corrected chi connectivity index (χ1v) is 7.43. The van der Waals surface area contributed by atoms with Gasteiger partial charge >= 0.3 is 0 Å². The van der Waals surface area contributed by atoms with Crippen molar-refractivity contribution in [2.75, 3.05) is 13.1 Å². The van der Waals surface area contributed by atoms with Crippen LogP contribution in [0.1, 0.15) is 38.2 Å². The highest BCUT2D eigenvalue weighted by Gasteiger charge is 2.28. The Morgan fingerprint density at radius 3 is 2.68 bits per heavy atom. The molecule has 106 valence electrons. The molecule has 0 bridgehead atoms. The summed E-state index contributed by atoms with van der Waals surface area (Å²) in [7, 11) is 0. The van der Waals surface area contributed by atoms with E-state index in [1.54, 1.807) is 12.1 Å². The van der Waals surface area contributed by atoms with Crippen LogP contribution in [0.25, 0.3) is 0 Å². The Morgan fingerprint density at radius 2 is 2.00 bits per heavy atom. The number of nitrogens with two attached hydrogens (primary N) is 1. The Kier molecular flexibility index (Phi) is 5.34. The van der Waals surface area contributed by atoms with Crippen LogP contribution in [0, 0.1) is 11.7 Å². The molecule has 19 heavy (non-hydrogen) atoms. The third-order valence-corrected chi connectivity index (χ3v) is 4.38. The number of halogens is 1. The summed E-state index contributed by atoms with van der Waals surface area (Å²) in [6, 6.07) is 7.61. The van der Waals surface area contributed by atoms with Crippen LogP contribution < -0.4 is 5.73 Å². The van der Waals surface area contributed by atoms with Gasteiger partial charge in [-0.15, -0.1) is 0 Å². The fourth-order valence-electron chi connectivity index (χ4n) is 3.25. The van der Waals surface area contributed by atoms with E-state index in [4.69, 9.17) is 5.73 Å². The highest BCUT2D eigenvalue weighted by atomic mass is 19.1. The Bertz CT molecular complexity index is 394. The smallest absolute Gasteiger partial charge is 0.127 e. The molecule has 2 rings (SSSR count). The third-order valence-electron chi connectivity index (χ3n) is 4.38. The third kappa shape index (κ3) is 3.54. The van der Waals surface area contributed by atoms with Crippen LogP contribution in [-0.4, -0.2) is 24.0 Å². The molecular weight excluding hydrogens is 239 g/mol. The topological polar surface area (TPSA) is 29.3 Å².